The molecule has 0 bridgehead atoms. The van der Waals surface area contributed by atoms with E-state index >= 15 is 0 Å². The van der Waals surface area contributed by atoms with Gasteiger partial charge in [-0.15, -0.1) is 0 Å². The van der Waals surface area contributed by atoms with Gasteiger partial charge in [0.25, 0.3) is 0 Å². The summed E-state index contributed by atoms with van der Waals surface area (Å²) in [7, 11) is -0.0504. The number of ether oxygens (including phenoxy) is 1. The van der Waals surface area contributed by atoms with Crippen molar-refractivity contribution in [1.29, 1.82) is 0 Å². The zero-order valence-electron chi connectivity index (χ0n) is 8.70. The summed E-state index contributed by atoms with van der Waals surface area (Å²) in [6, 6.07) is 1.90. The molecule has 15 heavy (non-hydrogen) atoms. The van der Waals surface area contributed by atoms with Gasteiger partial charge in [0.2, 0.25) is 5.88 Å². The zero-order valence-corrected chi connectivity index (χ0v) is 10.3. The highest BCUT2D eigenvalue weighted by Crippen LogP contribution is 2.32. The van der Waals surface area contributed by atoms with Crippen molar-refractivity contribution in [3.05, 3.63) is 17.3 Å². The molecule has 1 atom stereocenters. The molecule has 0 aliphatic heterocycles. The third-order valence-corrected chi connectivity index (χ3v) is 3.64. The highest BCUT2D eigenvalue weighted by Gasteiger charge is 2.22. The quantitative estimate of drug-likeness (QED) is 0.758. The van der Waals surface area contributed by atoms with Crippen LogP contribution in [0.5, 0.6) is 5.88 Å². The summed E-state index contributed by atoms with van der Waals surface area (Å²) in [5, 5.41) is 0.594. The Kier molecular flexibility index (Phi) is 3.32. The first kappa shape index (κ1) is 11.0. The summed E-state index contributed by atoms with van der Waals surface area (Å²) in [4.78, 5) is 5.28. The summed E-state index contributed by atoms with van der Waals surface area (Å²) in [6.45, 7) is 0.744. The van der Waals surface area contributed by atoms with E-state index in [4.69, 9.17) is 16.3 Å². The highest BCUT2D eigenvalue weighted by molar-refractivity contribution is 8.13. The SMILES string of the molecule is C=S(C)c1cnc(OCC2CC2)c(Cl)c1. The molecule has 1 aromatic rings. The van der Waals surface area contributed by atoms with E-state index in [1.54, 1.807) is 6.20 Å². The molecule has 1 saturated carbocycles. The maximum atomic E-state index is 6.07. The van der Waals surface area contributed by atoms with Crippen molar-refractivity contribution < 1.29 is 4.74 Å². The fourth-order valence-corrected chi connectivity index (χ4v) is 2.02. The lowest BCUT2D eigenvalue weighted by Crippen LogP contribution is -2.01. The Hall–Kier alpha value is -0.540. The standard InChI is InChI=1S/C11H14ClNOS/c1-15(2)9-5-10(12)11(13-6-9)14-7-8-3-4-8/h5-6,8H,1,3-4,7H2,2H3. The minimum absolute atomic E-state index is 0.0504. The summed E-state index contributed by atoms with van der Waals surface area (Å²) >= 11 is 6.07. The Morgan fingerprint density at radius 1 is 1.67 bits per heavy atom. The van der Waals surface area contributed by atoms with Gasteiger partial charge >= 0.3 is 0 Å². The van der Waals surface area contributed by atoms with Crippen LogP contribution in [-0.4, -0.2) is 23.7 Å². The molecule has 82 valence electrons. The summed E-state index contributed by atoms with van der Waals surface area (Å²) in [5.41, 5.74) is 0. The van der Waals surface area contributed by atoms with Crippen LogP contribution in [0.1, 0.15) is 12.8 Å². The number of rotatable bonds is 4. The van der Waals surface area contributed by atoms with Gasteiger partial charge < -0.3 is 4.74 Å². The number of halogens is 1. The molecule has 1 aliphatic rings. The molecule has 2 rings (SSSR count). The molecule has 1 aromatic heterocycles. The summed E-state index contributed by atoms with van der Waals surface area (Å²) in [5.74, 6) is 5.22. The Morgan fingerprint density at radius 2 is 2.40 bits per heavy atom. The molecule has 0 N–H and O–H groups in total. The van der Waals surface area contributed by atoms with E-state index in [2.05, 4.69) is 10.9 Å². The van der Waals surface area contributed by atoms with Crippen molar-refractivity contribution >= 4 is 28.0 Å². The number of aromatic nitrogens is 1. The molecule has 0 spiro atoms. The fourth-order valence-electron chi connectivity index (χ4n) is 1.19. The molecule has 0 amide bonds. The van der Waals surface area contributed by atoms with Crippen LogP contribution in [0, 0.1) is 5.92 Å². The molecule has 1 fully saturated rings. The average molecular weight is 244 g/mol. The molecular weight excluding hydrogens is 230 g/mol. The van der Waals surface area contributed by atoms with Crippen LogP contribution in [0.25, 0.3) is 0 Å². The second-order valence-electron chi connectivity index (χ2n) is 3.85. The van der Waals surface area contributed by atoms with Crippen molar-refractivity contribution in [3.63, 3.8) is 0 Å². The van der Waals surface area contributed by atoms with Gasteiger partial charge in [0.1, 0.15) is 5.02 Å². The van der Waals surface area contributed by atoms with Crippen LogP contribution in [0.2, 0.25) is 5.02 Å². The molecule has 1 aliphatic carbocycles. The molecule has 1 unspecified atom stereocenters. The number of hydrogen-bond acceptors (Lipinski definition) is 2. The van der Waals surface area contributed by atoms with Crippen LogP contribution < -0.4 is 4.74 Å². The predicted molar refractivity (Wildman–Crippen MR) is 66.4 cm³/mol. The van der Waals surface area contributed by atoms with E-state index < -0.39 is 0 Å². The minimum atomic E-state index is -0.0504. The van der Waals surface area contributed by atoms with Gasteiger partial charge in [-0.05, 0) is 31.1 Å². The van der Waals surface area contributed by atoms with E-state index in [0.717, 1.165) is 17.4 Å². The van der Waals surface area contributed by atoms with E-state index in [1.807, 2.05) is 12.3 Å². The van der Waals surface area contributed by atoms with E-state index in [0.29, 0.717) is 10.9 Å². The van der Waals surface area contributed by atoms with Crippen molar-refractivity contribution in [2.24, 2.45) is 5.92 Å². The molecule has 2 nitrogen and oxygen atoms in total. The molecule has 0 aromatic carbocycles. The van der Waals surface area contributed by atoms with Gasteiger partial charge in [-0.2, -0.15) is 10.5 Å². The lowest BCUT2D eigenvalue weighted by Gasteiger charge is -2.07. The van der Waals surface area contributed by atoms with Crippen molar-refractivity contribution in [3.8, 4) is 5.88 Å². The number of nitrogens with zero attached hydrogens (tertiary/aromatic N) is 1. The lowest BCUT2D eigenvalue weighted by molar-refractivity contribution is 0.288. The highest BCUT2D eigenvalue weighted by atomic mass is 35.5. The first-order valence-electron chi connectivity index (χ1n) is 4.91. The maximum absolute atomic E-state index is 6.07. The summed E-state index contributed by atoms with van der Waals surface area (Å²) in [6.07, 6.45) is 6.38. The van der Waals surface area contributed by atoms with Gasteiger partial charge in [0.05, 0.1) is 6.61 Å². The van der Waals surface area contributed by atoms with Gasteiger partial charge in [-0.25, -0.2) is 4.98 Å². The summed E-state index contributed by atoms with van der Waals surface area (Å²) < 4.78 is 5.54. The van der Waals surface area contributed by atoms with Gasteiger partial charge in [-0.3, -0.25) is 0 Å². The normalized spacial score (nSPS) is 17.5. The Labute approximate surface area is 97.5 Å². The number of pyridine rings is 1. The molecule has 1 heterocycles. The topological polar surface area (TPSA) is 22.1 Å². The van der Waals surface area contributed by atoms with Crippen LogP contribution in [0.15, 0.2) is 17.2 Å². The van der Waals surface area contributed by atoms with E-state index in [1.165, 1.54) is 12.8 Å². The Morgan fingerprint density at radius 3 is 2.93 bits per heavy atom. The second kappa shape index (κ2) is 4.54. The van der Waals surface area contributed by atoms with Gasteiger partial charge in [0.15, 0.2) is 0 Å². The van der Waals surface area contributed by atoms with Crippen molar-refractivity contribution in [1.82, 2.24) is 4.98 Å². The second-order valence-corrected chi connectivity index (χ2v) is 6.00. The van der Waals surface area contributed by atoms with Crippen LogP contribution in [0.3, 0.4) is 0 Å². The first-order valence-corrected chi connectivity index (χ1v) is 7.09. The van der Waals surface area contributed by atoms with Crippen LogP contribution >= 0.6 is 22.1 Å². The van der Waals surface area contributed by atoms with Crippen molar-refractivity contribution in [2.75, 3.05) is 12.9 Å². The monoisotopic (exact) mass is 243 g/mol. The lowest BCUT2D eigenvalue weighted by atomic mass is 10.4. The molecule has 0 radical (unpaired) electrons. The predicted octanol–water partition coefficient (Wildman–Crippen LogP) is 3.21. The fraction of sp³-hybridized carbons (Fsp3) is 0.455. The van der Waals surface area contributed by atoms with Gasteiger partial charge in [0, 0.05) is 11.1 Å². The van der Waals surface area contributed by atoms with E-state index in [-0.39, 0.29) is 10.5 Å². The third-order valence-electron chi connectivity index (χ3n) is 2.34. The smallest absolute Gasteiger partial charge is 0.232 e. The molecular formula is C11H14ClNOS. The van der Waals surface area contributed by atoms with E-state index in [9.17, 15) is 0 Å². The molecule has 0 saturated heterocycles. The van der Waals surface area contributed by atoms with Gasteiger partial charge in [-0.1, -0.05) is 17.5 Å². The number of hydrogen-bond donors (Lipinski definition) is 0. The first-order chi connectivity index (χ1) is 7.16. The average Bonchev–Trinajstić information content (AvgIpc) is 2.99. The molecule has 4 heteroatoms. The van der Waals surface area contributed by atoms with Crippen LogP contribution in [0.4, 0.5) is 0 Å². The third kappa shape index (κ3) is 2.95. The van der Waals surface area contributed by atoms with Crippen molar-refractivity contribution in [2.45, 2.75) is 17.7 Å². The maximum Gasteiger partial charge on any atom is 0.232 e. The minimum Gasteiger partial charge on any atom is -0.476 e. The Bertz CT molecular complexity index is 390. The largest absolute Gasteiger partial charge is 0.476 e. The Balaban J connectivity index is 2.07. The zero-order chi connectivity index (χ0) is 10.8. The van der Waals surface area contributed by atoms with Crippen LogP contribution in [-0.2, 0) is 0 Å².